The Morgan fingerprint density at radius 1 is 1.09 bits per heavy atom. The second-order valence-corrected chi connectivity index (χ2v) is 5.83. The van der Waals surface area contributed by atoms with E-state index >= 15 is 0 Å². The van der Waals surface area contributed by atoms with Crippen molar-refractivity contribution >= 4 is 11.9 Å². The number of hydrogen-bond acceptors (Lipinski definition) is 4. The van der Waals surface area contributed by atoms with Crippen molar-refractivity contribution in [2.75, 3.05) is 7.05 Å². The molecule has 118 valence electrons. The number of hydrogen-bond donors (Lipinski definition) is 0. The van der Waals surface area contributed by atoms with Crippen molar-refractivity contribution < 1.29 is 17.6 Å². The van der Waals surface area contributed by atoms with E-state index < -0.39 is 18.0 Å². The van der Waals surface area contributed by atoms with Crippen LogP contribution in [0.2, 0.25) is 0 Å². The second kappa shape index (κ2) is 6.62. The Morgan fingerprint density at radius 3 is 2.14 bits per heavy atom. The summed E-state index contributed by atoms with van der Waals surface area (Å²) in [5, 5.41) is 0. The van der Waals surface area contributed by atoms with Crippen LogP contribution in [0, 0.1) is 12.7 Å². The van der Waals surface area contributed by atoms with Gasteiger partial charge in [0.05, 0.1) is 4.90 Å². The summed E-state index contributed by atoms with van der Waals surface area (Å²) in [4.78, 5) is 8.39. The summed E-state index contributed by atoms with van der Waals surface area (Å²) in [6.45, 7) is 1.69. The summed E-state index contributed by atoms with van der Waals surface area (Å²) in [7, 11) is 1.33. The Morgan fingerprint density at radius 2 is 1.64 bits per heavy atom. The van der Waals surface area contributed by atoms with Crippen LogP contribution in [-0.2, 0) is 0 Å². The fraction of sp³-hybridized carbons (Fsp3) is 0.286. The van der Waals surface area contributed by atoms with Crippen LogP contribution in [0.1, 0.15) is 17.4 Å². The smallest absolute Gasteiger partial charge is 0.240 e. The van der Waals surface area contributed by atoms with Crippen LogP contribution in [0.15, 0.2) is 41.6 Å². The number of alkyl halides is 3. The zero-order valence-electron chi connectivity index (χ0n) is 11.8. The van der Waals surface area contributed by atoms with Gasteiger partial charge >= 0.3 is 6.18 Å². The number of halogens is 4. The molecule has 0 saturated carbocycles. The number of aryl methyl sites for hydroxylation is 1. The molecule has 1 aromatic heterocycles. The van der Waals surface area contributed by atoms with Gasteiger partial charge < -0.3 is 0 Å². The topological polar surface area (TPSA) is 29.0 Å². The van der Waals surface area contributed by atoms with Gasteiger partial charge in [-0.25, -0.2) is 18.7 Å². The third-order valence-corrected chi connectivity index (χ3v) is 3.79. The highest BCUT2D eigenvalue weighted by molar-refractivity contribution is 7.97. The van der Waals surface area contributed by atoms with Gasteiger partial charge in [0.25, 0.3) is 0 Å². The summed E-state index contributed by atoms with van der Waals surface area (Å²) in [5.74, 6) is -0.0372. The fourth-order valence-electron chi connectivity index (χ4n) is 1.90. The maximum atomic E-state index is 13.3. The molecule has 0 aliphatic rings. The first-order valence-corrected chi connectivity index (χ1v) is 7.06. The van der Waals surface area contributed by atoms with Crippen LogP contribution in [0.25, 0.3) is 0 Å². The van der Waals surface area contributed by atoms with Crippen molar-refractivity contribution in [3.05, 3.63) is 53.9 Å². The molecule has 1 atom stereocenters. The Kier molecular flexibility index (Phi) is 5.02. The van der Waals surface area contributed by atoms with Crippen molar-refractivity contribution in [1.82, 2.24) is 14.3 Å². The van der Waals surface area contributed by atoms with Gasteiger partial charge in [-0.05, 0) is 43.6 Å². The molecule has 0 aliphatic heterocycles. The van der Waals surface area contributed by atoms with Gasteiger partial charge in [0, 0.05) is 12.4 Å². The monoisotopic (exact) mass is 331 g/mol. The standard InChI is InChI=1S/C14H13F4N3S/c1-9-19-7-12(8-20-9)22-21(2)13(14(16,17)18)10-3-5-11(15)6-4-10/h3-8,13H,1-2H3. The van der Waals surface area contributed by atoms with E-state index in [1.165, 1.54) is 19.4 Å². The van der Waals surface area contributed by atoms with Gasteiger partial charge in [-0.2, -0.15) is 13.2 Å². The molecule has 2 aromatic rings. The third kappa shape index (κ3) is 4.17. The van der Waals surface area contributed by atoms with Crippen LogP contribution >= 0.6 is 11.9 Å². The third-order valence-electron chi connectivity index (χ3n) is 2.87. The first kappa shape index (κ1) is 16.7. The zero-order chi connectivity index (χ0) is 16.3. The summed E-state index contributed by atoms with van der Waals surface area (Å²) in [6.07, 6.45) is -1.58. The van der Waals surface area contributed by atoms with E-state index in [-0.39, 0.29) is 5.56 Å². The molecular formula is C14H13F4N3S. The van der Waals surface area contributed by atoms with Gasteiger partial charge in [-0.3, -0.25) is 0 Å². The molecule has 1 aromatic carbocycles. The minimum Gasteiger partial charge on any atom is -0.240 e. The molecule has 3 nitrogen and oxygen atoms in total. The molecule has 0 N–H and O–H groups in total. The molecule has 1 unspecified atom stereocenters. The molecule has 8 heteroatoms. The molecule has 22 heavy (non-hydrogen) atoms. The average molecular weight is 331 g/mol. The lowest BCUT2D eigenvalue weighted by Gasteiger charge is -2.29. The van der Waals surface area contributed by atoms with Crippen molar-refractivity contribution in [3.8, 4) is 0 Å². The van der Waals surface area contributed by atoms with E-state index in [2.05, 4.69) is 9.97 Å². The molecule has 1 heterocycles. The molecule has 0 amide bonds. The van der Waals surface area contributed by atoms with Crippen LogP contribution < -0.4 is 0 Å². The lowest BCUT2D eigenvalue weighted by Crippen LogP contribution is -2.31. The van der Waals surface area contributed by atoms with Crippen LogP contribution in [0.3, 0.4) is 0 Å². The predicted molar refractivity (Wildman–Crippen MR) is 75.6 cm³/mol. The van der Waals surface area contributed by atoms with Crippen molar-refractivity contribution in [2.45, 2.75) is 24.0 Å². The maximum absolute atomic E-state index is 13.3. The molecule has 0 bridgehead atoms. The minimum atomic E-state index is -4.49. The lowest BCUT2D eigenvalue weighted by molar-refractivity contribution is -0.169. The number of nitrogens with zero attached hydrogens (tertiary/aromatic N) is 3. The number of aromatic nitrogens is 2. The minimum absolute atomic E-state index is 0.0306. The van der Waals surface area contributed by atoms with E-state index in [0.29, 0.717) is 10.7 Å². The second-order valence-electron chi connectivity index (χ2n) is 4.60. The van der Waals surface area contributed by atoms with Crippen molar-refractivity contribution in [3.63, 3.8) is 0 Å². The van der Waals surface area contributed by atoms with E-state index in [4.69, 9.17) is 0 Å². The SMILES string of the molecule is Cc1ncc(SN(C)C(c2ccc(F)cc2)C(F)(F)F)cn1. The molecule has 0 aliphatic carbocycles. The highest BCUT2D eigenvalue weighted by Gasteiger charge is 2.44. The number of rotatable bonds is 4. The van der Waals surface area contributed by atoms with E-state index in [0.717, 1.165) is 40.5 Å². The van der Waals surface area contributed by atoms with Crippen molar-refractivity contribution in [1.29, 1.82) is 0 Å². The van der Waals surface area contributed by atoms with E-state index in [1.807, 2.05) is 0 Å². The summed E-state index contributed by atoms with van der Waals surface area (Å²) >= 11 is 0.881. The summed E-state index contributed by atoms with van der Waals surface area (Å²) < 4.78 is 54.0. The first-order valence-electron chi connectivity index (χ1n) is 6.29. The molecule has 0 spiro atoms. The average Bonchev–Trinajstić information content (AvgIpc) is 2.42. The quantitative estimate of drug-likeness (QED) is 0.621. The highest BCUT2D eigenvalue weighted by Crippen LogP contribution is 2.41. The molecule has 2 rings (SSSR count). The zero-order valence-corrected chi connectivity index (χ0v) is 12.6. The highest BCUT2D eigenvalue weighted by atomic mass is 32.2. The fourth-order valence-corrected chi connectivity index (χ4v) is 2.78. The first-order chi connectivity index (χ1) is 10.3. The van der Waals surface area contributed by atoms with Crippen LogP contribution in [0.5, 0.6) is 0 Å². The molecule has 0 saturated heterocycles. The summed E-state index contributed by atoms with van der Waals surface area (Å²) in [5.41, 5.74) is -0.0306. The molecule has 0 radical (unpaired) electrons. The van der Waals surface area contributed by atoms with Gasteiger partial charge in [-0.1, -0.05) is 12.1 Å². The maximum Gasteiger partial charge on any atom is 0.408 e. The van der Waals surface area contributed by atoms with Gasteiger partial charge in [0.1, 0.15) is 17.7 Å². The Bertz CT molecular complexity index is 613. The van der Waals surface area contributed by atoms with Gasteiger partial charge in [0.2, 0.25) is 0 Å². The van der Waals surface area contributed by atoms with E-state index in [9.17, 15) is 17.6 Å². The van der Waals surface area contributed by atoms with Crippen molar-refractivity contribution in [2.24, 2.45) is 0 Å². The van der Waals surface area contributed by atoms with E-state index in [1.54, 1.807) is 6.92 Å². The largest absolute Gasteiger partial charge is 0.408 e. The normalized spacial score (nSPS) is 13.4. The predicted octanol–water partition coefficient (Wildman–Crippen LogP) is 4.17. The molecular weight excluding hydrogens is 318 g/mol. The summed E-state index contributed by atoms with van der Waals surface area (Å²) in [6, 6.07) is 2.44. The Labute approximate surface area is 129 Å². The lowest BCUT2D eigenvalue weighted by atomic mass is 10.1. The number of benzene rings is 1. The van der Waals surface area contributed by atoms with Gasteiger partial charge in [-0.15, -0.1) is 0 Å². The van der Waals surface area contributed by atoms with Gasteiger partial charge in [0.15, 0.2) is 0 Å². The molecule has 0 fully saturated rings. The van der Waals surface area contributed by atoms with Crippen LogP contribution in [-0.4, -0.2) is 27.5 Å². The van der Waals surface area contributed by atoms with Crippen LogP contribution in [0.4, 0.5) is 17.6 Å². The Hall–Kier alpha value is -1.67. The Balaban J connectivity index is 2.25.